The maximum Gasteiger partial charge on any atom is 0.334 e. The monoisotopic (exact) mass is 309 g/mol. The van der Waals surface area contributed by atoms with Crippen LogP contribution in [0.15, 0.2) is 53.7 Å². The molecule has 0 saturated heterocycles. The summed E-state index contributed by atoms with van der Waals surface area (Å²) in [6.45, 7) is 2.21. The summed E-state index contributed by atoms with van der Waals surface area (Å²) in [5.41, 5.74) is 4.49. The van der Waals surface area contributed by atoms with Crippen LogP contribution in [-0.4, -0.2) is 20.7 Å². The van der Waals surface area contributed by atoms with Crippen molar-refractivity contribution < 1.29 is 4.79 Å². The van der Waals surface area contributed by atoms with E-state index in [1.54, 1.807) is 30.5 Å². The highest BCUT2D eigenvalue weighted by Gasteiger charge is 2.06. The molecular weight excluding hydrogens is 294 g/mol. The van der Waals surface area contributed by atoms with Crippen LogP contribution in [0.5, 0.6) is 0 Å². The molecule has 0 spiro atoms. The van der Waals surface area contributed by atoms with Crippen molar-refractivity contribution in [3.05, 3.63) is 70.5 Å². The molecule has 0 saturated carbocycles. The first-order valence-electron chi connectivity index (χ1n) is 7.06. The second-order valence-corrected chi connectivity index (χ2v) is 5.04. The Morgan fingerprint density at radius 2 is 2.00 bits per heavy atom. The molecule has 23 heavy (non-hydrogen) atoms. The van der Waals surface area contributed by atoms with Crippen LogP contribution in [0, 0.1) is 6.92 Å². The Labute approximate surface area is 132 Å². The lowest BCUT2D eigenvalue weighted by atomic mass is 10.2. The second-order valence-electron chi connectivity index (χ2n) is 5.04. The number of hydrogen-bond donors (Lipinski definition) is 2. The Hall–Kier alpha value is -3.22. The largest absolute Gasteiger partial charge is 0.334 e. The second kappa shape index (κ2) is 6.27. The van der Waals surface area contributed by atoms with Gasteiger partial charge in [0.1, 0.15) is 6.33 Å². The number of fused-ring (bicyclic) bond motifs is 1. The van der Waals surface area contributed by atoms with Crippen molar-refractivity contribution in [2.45, 2.75) is 13.5 Å². The number of aromatic nitrogens is 3. The molecule has 0 aliphatic rings. The normalized spacial score (nSPS) is 10.5. The summed E-state index contributed by atoms with van der Waals surface area (Å²) < 4.78 is 1.06. The van der Waals surface area contributed by atoms with Gasteiger partial charge in [-0.1, -0.05) is 18.2 Å². The third kappa shape index (κ3) is 3.34. The van der Waals surface area contributed by atoms with Crippen LogP contribution < -0.4 is 16.3 Å². The standard InChI is InChI=1S/C16H15N5O2/c1-11-6-7-12(8-17-11)9-18-16(23)20-21-10-19-14-5-3-2-4-13(14)15(21)22/h2-8,10H,9H2,1H3,(H2,18,20,23). The number of nitrogens with one attached hydrogen (secondary N) is 2. The van der Waals surface area contributed by atoms with E-state index in [4.69, 9.17) is 0 Å². The van der Waals surface area contributed by atoms with Crippen molar-refractivity contribution in [2.75, 3.05) is 5.43 Å². The van der Waals surface area contributed by atoms with E-state index in [1.165, 1.54) is 6.33 Å². The van der Waals surface area contributed by atoms with E-state index in [0.717, 1.165) is 15.9 Å². The maximum absolute atomic E-state index is 12.2. The van der Waals surface area contributed by atoms with Gasteiger partial charge >= 0.3 is 6.03 Å². The molecular formula is C16H15N5O2. The van der Waals surface area contributed by atoms with Crippen molar-refractivity contribution in [3.8, 4) is 0 Å². The minimum Gasteiger partial charge on any atom is -0.333 e. The molecule has 2 aromatic heterocycles. The van der Waals surface area contributed by atoms with Gasteiger partial charge in [0.05, 0.1) is 10.9 Å². The Morgan fingerprint density at radius 1 is 1.17 bits per heavy atom. The smallest absolute Gasteiger partial charge is 0.333 e. The van der Waals surface area contributed by atoms with Crippen molar-refractivity contribution in [2.24, 2.45) is 0 Å². The number of nitrogens with zero attached hydrogens (tertiary/aromatic N) is 3. The molecule has 0 aliphatic carbocycles. The van der Waals surface area contributed by atoms with Crippen molar-refractivity contribution in [1.82, 2.24) is 20.0 Å². The average molecular weight is 309 g/mol. The summed E-state index contributed by atoms with van der Waals surface area (Å²) in [5.74, 6) is 0. The molecule has 1 aromatic carbocycles. The maximum atomic E-state index is 12.2. The van der Waals surface area contributed by atoms with Gasteiger partial charge in [-0.05, 0) is 30.7 Å². The van der Waals surface area contributed by atoms with Crippen LogP contribution in [0.2, 0.25) is 0 Å². The van der Waals surface area contributed by atoms with Gasteiger partial charge in [-0.2, -0.15) is 0 Å². The average Bonchev–Trinajstić information content (AvgIpc) is 2.57. The topological polar surface area (TPSA) is 88.9 Å². The molecule has 3 aromatic rings. The molecule has 7 nitrogen and oxygen atoms in total. The van der Waals surface area contributed by atoms with Gasteiger partial charge in [0.2, 0.25) is 0 Å². The quantitative estimate of drug-likeness (QED) is 0.768. The number of urea groups is 1. The highest BCUT2D eigenvalue weighted by molar-refractivity contribution is 5.82. The Kier molecular flexibility index (Phi) is 4.01. The van der Waals surface area contributed by atoms with Gasteiger partial charge in [0.15, 0.2) is 0 Å². The molecule has 2 heterocycles. The lowest BCUT2D eigenvalue weighted by molar-refractivity contribution is 0.249. The number of para-hydroxylation sites is 1. The predicted octanol–water partition coefficient (Wildman–Crippen LogP) is 1.55. The summed E-state index contributed by atoms with van der Waals surface area (Å²) >= 11 is 0. The van der Waals surface area contributed by atoms with E-state index in [-0.39, 0.29) is 5.56 Å². The van der Waals surface area contributed by atoms with Crippen LogP contribution in [0.25, 0.3) is 10.9 Å². The molecule has 116 valence electrons. The summed E-state index contributed by atoms with van der Waals surface area (Å²) in [6.07, 6.45) is 2.98. The predicted molar refractivity (Wildman–Crippen MR) is 86.6 cm³/mol. The number of hydrogen-bond acceptors (Lipinski definition) is 4. The highest BCUT2D eigenvalue weighted by atomic mass is 16.2. The fourth-order valence-corrected chi connectivity index (χ4v) is 2.08. The molecule has 7 heteroatoms. The zero-order valence-corrected chi connectivity index (χ0v) is 12.5. The minimum atomic E-state index is -0.496. The number of amides is 2. The summed E-state index contributed by atoms with van der Waals surface area (Å²) in [4.78, 5) is 32.4. The fourth-order valence-electron chi connectivity index (χ4n) is 2.08. The lowest BCUT2D eigenvalue weighted by Gasteiger charge is -2.10. The SMILES string of the molecule is Cc1ccc(CNC(=O)Nn2cnc3ccccc3c2=O)cn1. The van der Waals surface area contributed by atoms with E-state index in [9.17, 15) is 9.59 Å². The van der Waals surface area contributed by atoms with Crippen LogP contribution in [0.4, 0.5) is 4.79 Å². The summed E-state index contributed by atoms with van der Waals surface area (Å²) in [6, 6.07) is 10.2. The van der Waals surface area contributed by atoms with Crippen LogP contribution in [0.3, 0.4) is 0 Å². The van der Waals surface area contributed by atoms with Gasteiger partial charge in [-0.25, -0.2) is 19.9 Å². The Morgan fingerprint density at radius 3 is 2.78 bits per heavy atom. The molecule has 0 aliphatic heterocycles. The van der Waals surface area contributed by atoms with Crippen LogP contribution >= 0.6 is 0 Å². The number of benzene rings is 1. The van der Waals surface area contributed by atoms with Gasteiger partial charge in [-0.15, -0.1) is 0 Å². The van der Waals surface area contributed by atoms with E-state index >= 15 is 0 Å². The van der Waals surface area contributed by atoms with Crippen molar-refractivity contribution >= 4 is 16.9 Å². The molecule has 3 rings (SSSR count). The number of aryl methyl sites for hydroxylation is 1. The zero-order valence-electron chi connectivity index (χ0n) is 12.5. The molecule has 0 radical (unpaired) electrons. The first-order valence-corrected chi connectivity index (χ1v) is 7.06. The molecule has 2 N–H and O–H groups in total. The van der Waals surface area contributed by atoms with E-state index in [0.29, 0.717) is 17.4 Å². The van der Waals surface area contributed by atoms with E-state index < -0.39 is 6.03 Å². The van der Waals surface area contributed by atoms with E-state index in [2.05, 4.69) is 20.7 Å². The van der Waals surface area contributed by atoms with Crippen molar-refractivity contribution in [1.29, 1.82) is 0 Å². The summed E-state index contributed by atoms with van der Waals surface area (Å²) in [7, 11) is 0. The van der Waals surface area contributed by atoms with Gasteiger partial charge in [-0.3, -0.25) is 9.78 Å². The number of carbonyl (C=O) groups is 1. The first-order chi connectivity index (χ1) is 11.1. The highest BCUT2D eigenvalue weighted by Crippen LogP contribution is 2.04. The molecule has 0 fully saturated rings. The Balaban J connectivity index is 1.69. The number of pyridine rings is 1. The third-order valence-electron chi connectivity index (χ3n) is 3.31. The number of rotatable bonds is 3. The zero-order chi connectivity index (χ0) is 16.2. The first kappa shape index (κ1) is 14.7. The van der Waals surface area contributed by atoms with Gasteiger partial charge in [0, 0.05) is 18.4 Å². The molecule has 2 amide bonds. The molecule has 0 bridgehead atoms. The van der Waals surface area contributed by atoms with Gasteiger partial charge < -0.3 is 5.32 Å². The third-order valence-corrected chi connectivity index (χ3v) is 3.31. The van der Waals surface area contributed by atoms with E-state index in [1.807, 2.05) is 19.1 Å². The molecule has 0 unspecified atom stereocenters. The minimum absolute atomic E-state index is 0.314. The van der Waals surface area contributed by atoms with Gasteiger partial charge in [0.25, 0.3) is 5.56 Å². The number of carbonyl (C=O) groups excluding carboxylic acids is 1. The fraction of sp³-hybridized carbons (Fsp3) is 0.125. The lowest BCUT2D eigenvalue weighted by Crippen LogP contribution is -2.39. The van der Waals surface area contributed by atoms with Crippen LogP contribution in [0.1, 0.15) is 11.3 Å². The van der Waals surface area contributed by atoms with Crippen molar-refractivity contribution in [3.63, 3.8) is 0 Å². The van der Waals surface area contributed by atoms with Crippen LogP contribution in [-0.2, 0) is 6.54 Å². The Bertz CT molecular complexity index is 902. The summed E-state index contributed by atoms with van der Waals surface area (Å²) in [5, 5.41) is 3.11. The molecule has 0 atom stereocenters.